The molecule has 0 fully saturated rings. The second-order valence-corrected chi connectivity index (χ2v) is 5.59. The molecule has 0 aliphatic carbocycles. The van der Waals surface area contributed by atoms with E-state index in [9.17, 15) is 13.2 Å². The molecule has 0 spiro atoms. The number of alkyl halides is 3. The van der Waals surface area contributed by atoms with Crippen LogP contribution in [0.2, 0.25) is 0 Å². The van der Waals surface area contributed by atoms with E-state index in [2.05, 4.69) is 21.0 Å². The fourth-order valence-corrected chi connectivity index (χ4v) is 2.66. The van der Waals surface area contributed by atoms with Crippen molar-refractivity contribution in [2.45, 2.75) is 6.18 Å². The number of aromatic nitrogens is 2. The van der Waals surface area contributed by atoms with Gasteiger partial charge in [-0.15, -0.1) is 0 Å². The zero-order valence-corrected chi connectivity index (χ0v) is 12.5. The maximum atomic E-state index is 13.1. The van der Waals surface area contributed by atoms with Crippen LogP contribution in [-0.4, -0.2) is 9.78 Å². The van der Waals surface area contributed by atoms with Crippen LogP contribution in [0.1, 0.15) is 5.56 Å². The van der Waals surface area contributed by atoms with Gasteiger partial charge in [0.2, 0.25) is 0 Å². The van der Waals surface area contributed by atoms with Crippen LogP contribution in [0.25, 0.3) is 22.2 Å². The average Bonchev–Trinajstić information content (AvgIpc) is 2.74. The molecule has 0 unspecified atom stereocenters. The average molecular weight is 355 g/mol. The van der Waals surface area contributed by atoms with E-state index in [-0.39, 0.29) is 5.52 Å². The van der Waals surface area contributed by atoms with Crippen molar-refractivity contribution >= 4 is 26.8 Å². The molecule has 21 heavy (non-hydrogen) atoms. The van der Waals surface area contributed by atoms with Crippen LogP contribution in [-0.2, 0) is 13.2 Å². The summed E-state index contributed by atoms with van der Waals surface area (Å²) in [6.45, 7) is 0. The van der Waals surface area contributed by atoms with E-state index >= 15 is 0 Å². The lowest BCUT2D eigenvalue weighted by molar-refractivity contribution is -0.136. The molecule has 0 aliphatic heterocycles. The van der Waals surface area contributed by atoms with Gasteiger partial charge in [-0.3, -0.25) is 4.68 Å². The van der Waals surface area contributed by atoms with Gasteiger partial charge in [0.15, 0.2) is 0 Å². The van der Waals surface area contributed by atoms with Crippen molar-refractivity contribution in [3.8, 4) is 11.3 Å². The SMILES string of the molecule is Cn1nc2c(C(F)(F)F)cccc2c1-c1ccc(Br)cc1. The summed E-state index contributed by atoms with van der Waals surface area (Å²) in [5, 5.41) is 4.56. The Kier molecular flexibility index (Phi) is 3.28. The molecule has 3 aromatic rings. The third kappa shape index (κ3) is 2.44. The molecule has 0 atom stereocenters. The van der Waals surface area contributed by atoms with Gasteiger partial charge >= 0.3 is 6.18 Å². The van der Waals surface area contributed by atoms with E-state index in [1.807, 2.05) is 24.3 Å². The highest BCUT2D eigenvalue weighted by atomic mass is 79.9. The number of hydrogen-bond donors (Lipinski definition) is 0. The van der Waals surface area contributed by atoms with Gasteiger partial charge < -0.3 is 0 Å². The molecule has 0 saturated heterocycles. The second-order valence-electron chi connectivity index (χ2n) is 4.68. The number of aryl methyl sites for hydroxylation is 1. The van der Waals surface area contributed by atoms with Crippen LogP contribution < -0.4 is 0 Å². The van der Waals surface area contributed by atoms with Crippen molar-refractivity contribution in [3.63, 3.8) is 0 Å². The highest BCUT2D eigenvalue weighted by Gasteiger charge is 2.34. The molecule has 0 radical (unpaired) electrons. The normalized spacial score (nSPS) is 12.0. The topological polar surface area (TPSA) is 17.8 Å². The molecular formula is C15H10BrF3N2. The third-order valence-corrected chi connectivity index (χ3v) is 3.82. The Labute approximate surface area is 127 Å². The Balaban J connectivity index is 2.30. The van der Waals surface area contributed by atoms with Gasteiger partial charge in [-0.1, -0.05) is 40.2 Å². The molecule has 0 N–H and O–H groups in total. The van der Waals surface area contributed by atoms with E-state index in [0.717, 1.165) is 16.1 Å². The maximum Gasteiger partial charge on any atom is 0.418 e. The molecule has 6 heteroatoms. The first-order chi connectivity index (χ1) is 9.88. The monoisotopic (exact) mass is 354 g/mol. The second kappa shape index (κ2) is 4.87. The van der Waals surface area contributed by atoms with Crippen LogP contribution in [0.4, 0.5) is 13.2 Å². The number of hydrogen-bond acceptors (Lipinski definition) is 1. The predicted octanol–water partition coefficient (Wildman–Crippen LogP) is 5.02. The summed E-state index contributed by atoms with van der Waals surface area (Å²) in [6.07, 6.45) is -4.41. The molecule has 0 bridgehead atoms. The molecule has 0 saturated carbocycles. The van der Waals surface area contributed by atoms with Gasteiger partial charge in [0.25, 0.3) is 0 Å². The minimum absolute atomic E-state index is 0.0228. The number of benzene rings is 2. The molecule has 108 valence electrons. The van der Waals surface area contributed by atoms with E-state index in [1.165, 1.54) is 10.7 Å². The van der Waals surface area contributed by atoms with Crippen LogP contribution in [0.5, 0.6) is 0 Å². The lowest BCUT2D eigenvalue weighted by Gasteiger charge is -2.06. The maximum absolute atomic E-state index is 13.1. The zero-order valence-electron chi connectivity index (χ0n) is 10.9. The first-order valence-corrected chi connectivity index (χ1v) is 6.96. The Hall–Kier alpha value is -1.82. The Morgan fingerprint density at radius 3 is 2.33 bits per heavy atom. The standard InChI is InChI=1S/C15H10BrF3N2/c1-21-14(9-5-7-10(16)8-6-9)11-3-2-4-12(13(11)20-21)15(17,18)19/h2-8H,1H3. The van der Waals surface area contributed by atoms with Crippen LogP contribution in [0, 0.1) is 0 Å². The minimum atomic E-state index is -4.41. The fourth-order valence-electron chi connectivity index (χ4n) is 2.40. The van der Waals surface area contributed by atoms with Gasteiger partial charge in [0.05, 0.1) is 11.3 Å². The lowest BCUT2D eigenvalue weighted by Crippen LogP contribution is -2.05. The van der Waals surface area contributed by atoms with Crippen LogP contribution >= 0.6 is 15.9 Å². The fraction of sp³-hybridized carbons (Fsp3) is 0.133. The van der Waals surface area contributed by atoms with Crippen molar-refractivity contribution in [2.24, 2.45) is 7.05 Å². The highest BCUT2D eigenvalue weighted by Crippen LogP contribution is 2.37. The summed E-state index contributed by atoms with van der Waals surface area (Å²) in [4.78, 5) is 0. The third-order valence-electron chi connectivity index (χ3n) is 3.29. The van der Waals surface area contributed by atoms with Crippen LogP contribution in [0.15, 0.2) is 46.9 Å². The Morgan fingerprint density at radius 1 is 1.05 bits per heavy atom. The van der Waals surface area contributed by atoms with Gasteiger partial charge in [0, 0.05) is 22.5 Å². The smallest absolute Gasteiger partial charge is 0.267 e. The lowest BCUT2D eigenvalue weighted by atomic mass is 10.0. The summed E-state index contributed by atoms with van der Waals surface area (Å²) in [6, 6.07) is 11.5. The summed E-state index contributed by atoms with van der Waals surface area (Å²) in [7, 11) is 1.65. The van der Waals surface area contributed by atoms with Gasteiger partial charge in [-0.25, -0.2) is 0 Å². The quantitative estimate of drug-likeness (QED) is 0.599. The molecule has 3 rings (SSSR count). The summed E-state index contributed by atoms with van der Waals surface area (Å²) in [5.74, 6) is 0. The van der Waals surface area contributed by atoms with Crippen LogP contribution in [0.3, 0.4) is 0 Å². The van der Waals surface area contributed by atoms with Gasteiger partial charge in [-0.2, -0.15) is 18.3 Å². The molecule has 1 heterocycles. The van der Waals surface area contributed by atoms with Crippen molar-refractivity contribution in [1.82, 2.24) is 9.78 Å². The van der Waals surface area contributed by atoms with Crippen molar-refractivity contribution in [3.05, 3.63) is 52.5 Å². The molecule has 2 aromatic carbocycles. The summed E-state index contributed by atoms with van der Waals surface area (Å²) in [5.41, 5.74) is 0.760. The van der Waals surface area contributed by atoms with Gasteiger partial charge in [0.1, 0.15) is 5.52 Å². The number of halogens is 4. The Bertz CT molecular complexity index is 804. The molecule has 1 aromatic heterocycles. The first kappa shape index (κ1) is 14.1. The molecular weight excluding hydrogens is 345 g/mol. The molecule has 2 nitrogen and oxygen atoms in total. The van der Waals surface area contributed by atoms with Crippen molar-refractivity contribution < 1.29 is 13.2 Å². The predicted molar refractivity (Wildman–Crippen MR) is 78.9 cm³/mol. The van der Waals surface area contributed by atoms with E-state index in [1.54, 1.807) is 13.1 Å². The number of fused-ring (bicyclic) bond motifs is 1. The first-order valence-electron chi connectivity index (χ1n) is 6.17. The molecule has 0 amide bonds. The summed E-state index contributed by atoms with van der Waals surface area (Å²) >= 11 is 3.34. The van der Waals surface area contributed by atoms with Crippen molar-refractivity contribution in [2.75, 3.05) is 0 Å². The van der Waals surface area contributed by atoms with E-state index in [0.29, 0.717) is 11.1 Å². The minimum Gasteiger partial charge on any atom is -0.267 e. The number of nitrogens with zero attached hydrogens (tertiary/aromatic N) is 2. The van der Waals surface area contributed by atoms with Crippen molar-refractivity contribution in [1.29, 1.82) is 0 Å². The van der Waals surface area contributed by atoms with E-state index < -0.39 is 11.7 Å². The summed E-state index contributed by atoms with van der Waals surface area (Å²) < 4.78 is 41.6. The Morgan fingerprint density at radius 2 is 1.71 bits per heavy atom. The van der Waals surface area contributed by atoms with E-state index in [4.69, 9.17) is 0 Å². The largest absolute Gasteiger partial charge is 0.418 e. The number of rotatable bonds is 1. The zero-order chi connectivity index (χ0) is 15.2. The molecule has 0 aliphatic rings. The van der Waals surface area contributed by atoms with Gasteiger partial charge in [-0.05, 0) is 18.2 Å². The highest BCUT2D eigenvalue weighted by molar-refractivity contribution is 9.10.